The molecule has 1 aromatic rings. The van der Waals surface area contributed by atoms with Crippen LogP contribution in [0.5, 0.6) is 0 Å². The molecule has 18 heavy (non-hydrogen) atoms. The third kappa shape index (κ3) is 3.82. The van der Waals surface area contributed by atoms with E-state index in [1.54, 1.807) is 0 Å². The van der Waals surface area contributed by atoms with Crippen molar-refractivity contribution in [3.05, 3.63) is 35.4 Å². The molecule has 1 heterocycles. The second-order valence-corrected chi connectivity index (χ2v) is 5.45. The monoisotopic (exact) mass is 246 g/mol. The number of nitrogens with two attached hydrogens (primary N) is 1. The zero-order valence-electron chi connectivity index (χ0n) is 11.6. The lowest BCUT2D eigenvalue weighted by molar-refractivity contribution is 0.273. The highest BCUT2D eigenvalue weighted by Crippen LogP contribution is 2.15. The Balaban J connectivity index is 1.81. The van der Waals surface area contributed by atoms with Crippen LogP contribution in [0.4, 0.5) is 0 Å². The molecular weight excluding hydrogens is 220 g/mol. The summed E-state index contributed by atoms with van der Waals surface area (Å²) >= 11 is 0. The van der Waals surface area contributed by atoms with E-state index in [-0.39, 0.29) is 0 Å². The molecule has 0 bridgehead atoms. The van der Waals surface area contributed by atoms with Crippen LogP contribution in [0.1, 0.15) is 37.3 Å². The van der Waals surface area contributed by atoms with E-state index in [2.05, 4.69) is 36.1 Å². The molecule has 1 aliphatic heterocycles. The molecular formula is C16H26N2. The summed E-state index contributed by atoms with van der Waals surface area (Å²) in [4.78, 5) is 2.58. The van der Waals surface area contributed by atoms with Crippen molar-refractivity contribution in [3.8, 4) is 0 Å². The molecule has 0 spiro atoms. The van der Waals surface area contributed by atoms with Gasteiger partial charge in [-0.3, -0.25) is 0 Å². The summed E-state index contributed by atoms with van der Waals surface area (Å²) in [5.41, 5.74) is 9.18. The number of rotatable bonds is 5. The van der Waals surface area contributed by atoms with Gasteiger partial charge in [-0.15, -0.1) is 0 Å². The maximum atomic E-state index is 6.10. The fourth-order valence-electron chi connectivity index (χ4n) is 2.80. The number of nitrogens with zero attached hydrogens (tertiary/aromatic N) is 1. The van der Waals surface area contributed by atoms with Gasteiger partial charge in [0.05, 0.1) is 0 Å². The minimum Gasteiger partial charge on any atom is -0.328 e. The van der Waals surface area contributed by atoms with Crippen LogP contribution in [-0.4, -0.2) is 30.6 Å². The highest BCUT2D eigenvalue weighted by Gasteiger charge is 2.13. The first-order chi connectivity index (χ1) is 8.79. The van der Waals surface area contributed by atoms with Crippen molar-refractivity contribution in [2.75, 3.05) is 19.6 Å². The fourth-order valence-corrected chi connectivity index (χ4v) is 2.80. The van der Waals surface area contributed by atoms with Gasteiger partial charge in [0, 0.05) is 19.1 Å². The lowest BCUT2D eigenvalue weighted by Crippen LogP contribution is -2.32. The van der Waals surface area contributed by atoms with E-state index in [1.807, 2.05) is 0 Å². The molecule has 0 saturated heterocycles. The van der Waals surface area contributed by atoms with Crippen molar-refractivity contribution in [3.63, 3.8) is 0 Å². The Bertz CT molecular complexity index is 335. The lowest BCUT2D eigenvalue weighted by Gasteiger charge is -2.21. The van der Waals surface area contributed by atoms with Gasteiger partial charge >= 0.3 is 0 Å². The second-order valence-electron chi connectivity index (χ2n) is 5.45. The van der Waals surface area contributed by atoms with E-state index in [0.717, 1.165) is 19.4 Å². The number of benzene rings is 1. The lowest BCUT2D eigenvalue weighted by atomic mass is 10.0. The topological polar surface area (TPSA) is 29.3 Å². The molecule has 0 amide bonds. The molecule has 100 valence electrons. The first-order valence-electron chi connectivity index (χ1n) is 7.34. The summed E-state index contributed by atoms with van der Waals surface area (Å²) in [5.74, 6) is 0. The van der Waals surface area contributed by atoms with Gasteiger partial charge in [0.25, 0.3) is 0 Å². The summed E-state index contributed by atoms with van der Waals surface area (Å²) in [6, 6.07) is 9.27. The minimum absolute atomic E-state index is 0.389. The van der Waals surface area contributed by atoms with Gasteiger partial charge in [-0.05, 0) is 43.4 Å². The van der Waals surface area contributed by atoms with Crippen LogP contribution in [-0.2, 0) is 12.8 Å². The molecule has 0 aromatic heterocycles. The molecule has 2 N–H and O–H groups in total. The number of hydrogen-bond donors (Lipinski definition) is 1. The smallest absolute Gasteiger partial charge is 0.00509 e. The average molecular weight is 246 g/mol. The molecule has 2 nitrogen and oxygen atoms in total. The van der Waals surface area contributed by atoms with Crippen molar-refractivity contribution < 1.29 is 0 Å². The Morgan fingerprint density at radius 1 is 1.11 bits per heavy atom. The van der Waals surface area contributed by atoms with Crippen LogP contribution in [0.25, 0.3) is 0 Å². The van der Waals surface area contributed by atoms with Gasteiger partial charge in [0.1, 0.15) is 0 Å². The Morgan fingerprint density at radius 2 is 1.72 bits per heavy atom. The molecule has 1 atom stereocenters. The van der Waals surface area contributed by atoms with Crippen LogP contribution in [0, 0.1) is 0 Å². The third-order valence-corrected chi connectivity index (χ3v) is 3.99. The second kappa shape index (κ2) is 6.91. The number of fused-ring (bicyclic) bond motifs is 1. The van der Waals surface area contributed by atoms with Gasteiger partial charge in [-0.1, -0.05) is 37.6 Å². The van der Waals surface area contributed by atoms with Gasteiger partial charge in [-0.25, -0.2) is 0 Å². The molecule has 0 saturated carbocycles. The molecule has 2 heteroatoms. The van der Waals surface area contributed by atoms with Crippen LogP contribution in [0.2, 0.25) is 0 Å². The van der Waals surface area contributed by atoms with Crippen molar-refractivity contribution in [1.82, 2.24) is 4.90 Å². The normalized spacial score (nSPS) is 18.1. The predicted octanol–water partition coefficient (Wildman–Crippen LogP) is 2.60. The van der Waals surface area contributed by atoms with Gasteiger partial charge in [-0.2, -0.15) is 0 Å². The Hall–Kier alpha value is -0.860. The number of hydrogen-bond acceptors (Lipinski definition) is 2. The zero-order valence-corrected chi connectivity index (χ0v) is 11.6. The van der Waals surface area contributed by atoms with Crippen LogP contribution in [0.3, 0.4) is 0 Å². The highest BCUT2D eigenvalue weighted by molar-refractivity contribution is 5.28. The van der Waals surface area contributed by atoms with E-state index >= 15 is 0 Å². The van der Waals surface area contributed by atoms with Gasteiger partial charge in [0.15, 0.2) is 0 Å². The molecule has 1 aliphatic rings. The third-order valence-electron chi connectivity index (χ3n) is 3.99. The van der Waals surface area contributed by atoms with Gasteiger partial charge in [0.2, 0.25) is 0 Å². The largest absolute Gasteiger partial charge is 0.328 e. The Kier molecular flexibility index (Phi) is 5.21. The maximum absolute atomic E-state index is 6.10. The van der Waals surface area contributed by atoms with E-state index in [4.69, 9.17) is 5.73 Å². The standard InChI is InChI=1S/C16H26N2/c1-2-5-16(17)10-13-18-11-8-14-6-3-4-7-15(14)9-12-18/h3-4,6-7,16H,2,5,8-13,17H2,1H3. The SMILES string of the molecule is CCCC(N)CCN1CCc2ccccc2CC1. The van der Waals surface area contributed by atoms with E-state index < -0.39 is 0 Å². The quantitative estimate of drug-likeness (QED) is 0.865. The molecule has 0 fully saturated rings. The Labute approximate surface area is 111 Å². The molecule has 0 radical (unpaired) electrons. The van der Waals surface area contributed by atoms with Crippen molar-refractivity contribution in [2.24, 2.45) is 5.73 Å². The first-order valence-corrected chi connectivity index (χ1v) is 7.34. The molecule has 1 unspecified atom stereocenters. The highest BCUT2D eigenvalue weighted by atomic mass is 15.1. The molecule has 2 rings (SSSR count). The van der Waals surface area contributed by atoms with Crippen molar-refractivity contribution in [2.45, 2.75) is 45.1 Å². The maximum Gasteiger partial charge on any atom is 0.00509 e. The summed E-state index contributed by atoms with van der Waals surface area (Å²) in [7, 11) is 0. The minimum atomic E-state index is 0.389. The average Bonchev–Trinajstić information content (AvgIpc) is 2.59. The van der Waals surface area contributed by atoms with Crippen LogP contribution >= 0.6 is 0 Å². The summed E-state index contributed by atoms with van der Waals surface area (Å²) in [6.07, 6.45) is 5.89. The molecule has 0 aliphatic carbocycles. The first kappa shape index (κ1) is 13.6. The summed E-state index contributed by atoms with van der Waals surface area (Å²) < 4.78 is 0. The fraction of sp³-hybridized carbons (Fsp3) is 0.625. The van der Waals surface area contributed by atoms with Gasteiger partial charge < -0.3 is 10.6 Å². The van der Waals surface area contributed by atoms with E-state index in [1.165, 1.54) is 43.5 Å². The Morgan fingerprint density at radius 3 is 2.28 bits per heavy atom. The van der Waals surface area contributed by atoms with Crippen LogP contribution in [0.15, 0.2) is 24.3 Å². The predicted molar refractivity (Wildman–Crippen MR) is 77.8 cm³/mol. The van der Waals surface area contributed by atoms with Crippen molar-refractivity contribution in [1.29, 1.82) is 0 Å². The summed E-state index contributed by atoms with van der Waals surface area (Å²) in [6.45, 7) is 5.75. The van der Waals surface area contributed by atoms with Crippen LogP contribution < -0.4 is 5.73 Å². The van der Waals surface area contributed by atoms with Crippen molar-refractivity contribution >= 4 is 0 Å². The van der Waals surface area contributed by atoms with E-state index in [0.29, 0.717) is 6.04 Å². The summed E-state index contributed by atoms with van der Waals surface area (Å²) in [5, 5.41) is 0. The van der Waals surface area contributed by atoms with E-state index in [9.17, 15) is 0 Å². The molecule has 1 aromatic carbocycles. The zero-order chi connectivity index (χ0) is 12.8.